The average Bonchev–Trinajstić information content (AvgIpc) is 2.44. The Morgan fingerprint density at radius 2 is 1.90 bits per heavy atom. The van der Waals surface area contributed by atoms with Crippen LogP contribution < -0.4 is 9.47 Å². The Labute approximate surface area is 130 Å². The Bertz CT molecular complexity index is 611. The molecular formula is C15H12BrClO3. The van der Waals surface area contributed by atoms with Crippen LogP contribution in [-0.4, -0.2) is 12.6 Å². The monoisotopic (exact) mass is 354 g/mol. The summed E-state index contributed by atoms with van der Waals surface area (Å²) in [7, 11) is 0. The number of halogens is 2. The smallest absolute Gasteiger partial charge is 0.343 e. The minimum atomic E-state index is -0.434. The van der Waals surface area contributed by atoms with Crippen molar-refractivity contribution in [2.24, 2.45) is 0 Å². The number of benzene rings is 2. The summed E-state index contributed by atoms with van der Waals surface area (Å²) in [6.07, 6.45) is 0. The fourth-order valence-corrected chi connectivity index (χ4v) is 2.19. The summed E-state index contributed by atoms with van der Waals surface area (Å²) < 4.78 is 11.4. The van der Waals surface area contributed by atoms with Gasteiger partial charge in [-0.2, -0.15) is 0 Å². The predicted octanol–water partition coefficient (Wildman–Crippen LogP) is 4.72. The number of esters is 1. The van der Waals surface area contributed by atoms with Crippen LogP contribution in [-0.2, 0) is 0 Å². The zero-order chi connectivity index (χ0) is 14.5. The van der Waals surface area contributed by atoms with Gasteiger partial charge in [0.1, 0.15) is 11.5 Å². The van der Waals surface area contributed by atoms with Crippen LogP contribution in [0.4, 0.5) is 0 Å². The normalized spacial score (nSPS) is 10.2. The zero-order valence-corrected chi connectivity index (χ0v) is 13.1. The van der Waals surface area contributed by atoms with E-state index >= 15 is 0 Å². The molecule has 0 saturated carbocycles. The first-order valence-corrected chi connectivity index (χ1v) is 7.17. The van der Waals surface area contributed by atoms with Crippen LogP contribution in [0.3, 0.4) is 0 Å². The molecule has 2 aromatic rings. The molecule has 0 aliphatic heterocycles. The molecular weight excluding hydrogens is 344 g/mol. The lowest BCUT2D eigenvalue weighted by Crippen LogP contribution is -2.08. The van der Waals surface area contributed by atoms with E-state index in [9.17, 15) is 4.79 Å². The Kier molecular flexibility index (Phi) is 5.04. The maximum absolute atomic E-state index is 12.0. The van der Waals surface area contributed by atoms with Gasteiger partial charge in [-0.3, -0.25) is 0 Å². The Balaban J connectivity index is 2.13. The first-order chi connectivity index (χ1) is 9.60. The lowest BCUT2D eigenvalue weighted by molar-refractivity contribution is 0.0734. The van der Waals surface area contributed by atoms with E-state index in [0.717, 1.165) is 0 Å². The van der Waals surface area contributed by atoms with E-state index in [1.54, 1.807) is 42.5 Å². The Morgan fingerprint density at radius 3 is 2.50 bits per heavy atom. The van der Waals surface area contributed by atoms with Crippen molar-refractivity contribution in [3.05, 3.63) is 57.5 Å². The predicted molar refractivity (Wildman–Crippen MR) is 81.7 cm³/mol. The molecule has 0 amide bonds. The highest BCUT2D eigenvalue weighted by Gasteiger charge is 2.11. The summed E-state index contributed by atoms with van der Waals surface area (Å²) in [6, 6.07) is 11.7. The molecule has 0 aliphatic carbocycles. The molecule has 0 N–H and O–H groups in total. The second kappa shape index (κ2) is 6.77. The highest BCUT2D eigenvalue weighted by atomic mass is 79.9. The molecule has 0 saturated heterocycles. The van der Waals surface area contributed by atoms with Gasteiger partial charge in [-0.05, 0) is 65.3 Å². The van der Waals surface area contributed by atoms with Gasteiger partial charge in [-0.25, -0.2) is 4.79 Å². The number of hydrogen-bond acceptors (Lipinski definition) is 3. The molecule has 5 heteroatoms. The van der Waals surface area contributed by atoms with Crippen LogP contribution in [0, 0.1) is 0 Å². The minimum absolute atomic E-state index is 0.434. The third-order valence-electron chi connectivity index (χ3n) is 2.49. The third kappa shape index (κ3) is 3.74. The summed E-state index contributed by atoms with van der Waals surface area (Å²) in [5, 5.41) is 0.591. The van der Waals surface area contributed by atoms with E-state index in [1.165, 1.54) is 0 Å². The fraction of sp³-hybridized carbons (Fsp3) is 0.133. The molecule has 0 unspecified atom stereocenters. The van der Waals surface area contributed by atoms with E-state index in [-0.39, 0.29) is 0 Å². The van der Waals surface area contributed by atoms with Crippen molar-refractivity contribution in [3.8, 4) is 11.5 Å². The van der Waals surface area contributed by atoms with Crippen LogP contribution in [0.5, 0.6) is 11.5 Å². The second-order valence-corrected chi connectivity index (χ2v) is 5.21. The third-order valence-corrected chi connectivity index (χ3v) is 3.36. The van der Waals surface area contributed by atoms with E-state index in [0.29, 0.717) is 33.2 Å². The van der Waals surface area contributed by atoms with Crippen LogP contribution in [0.15, 0.2) is 46.9 Å². The van der Waals surface area contributed by atoms with Gasteiger partial charge >= 0.3 is 5.97 Å². The largest absolute Gasteiger partial charge is 0.493 e. The molecule has 3 nitrogen and oxygen atoms in total. The molecule has 2 aromatic carbocycles. The highest BCUT2D eigenvalue weighted by Crippen LogP contribution is 2.26. The van der Waals surface area contributed by atoms with Gasteiger partial charge in [0.15, 0.2) is 0 Å². The molecule has 0 heterocycles. The van der Waals surface area contributed by atoms with Gasteiger partial charge in [-0.1, -0.05) is 11.6 Å². The summed E-state index contributed by atoms with van der Waals surface area (Å²) in [6.45, 7) is 2.46. The van der Waals surface area contributed by atoms with Crippen LogP contribution in [0.2, 0.25) is 5.02 Å². The number of hydrogen-bond donors (Lipinski definition) is 0. The van der Waals surface area contributed by atoms with Gasteiger partial charge in [-0.15, -0.1) is 0 Å². The molecule has 0 radical (unpaired) electrons. The van der Waals surface area contributed by atoms with Crippen molar-refractivity contribution < 1.29 is 14.3 Å². The average molecular weight is 356 g/mol. The number of rotatable bonds is 4. The molecule has 0 fully saturated rings. The van der Waals surface area contributed by atoms with E-state index in [2.05, 4.69) is 15.9 Å². The maximum atomic E-state index is 12.0. The molecule has 2 rings (SSSR count). The minimum Gasteiger partial charge on any atom is -0.493 e. The van der Waals surface area contributed by atoms with E-state index in [4.69, 9.17) is 21.1 Å². The Morgan fingerprint density at radius 1 is 1.20 bits per heavy atom. The maximum Gasteiger partial charge on any atom is 0.343 e. The molecule has 0 bridgehead atoms. The van der Waals surface area contributed by atoms with Crippen molar-refractivity contribution in [3.63, 3.8) is 0 Å². The van der Waals surface area contributed by atoms with Crippen LogP contribution >= 0.6 is 27.5 Å². The summed E-state index contributed by atoms with van der Waals surface area (Å²) in [5.41, 5.74) is 0.440. The van der Waals surface area contributed by atoms with Gasteiger partial charge in [0, 0.05) is 5.02 Å². The molecule has 0 aliphatic rings. The van der Waals surface area contributed by atoms with E-state index in [1.807, 2.05) is 6.92 Å². The van der Waals surface area contributed by atoms with Gasteiger partial charge in [0.05, 0.1) is 16.6 Å². The van der Waals surface area contributed by atoms with Gasteiger partial charge in [0.2, 0.25) is 0 Å². The first kappa shape index (κ1) is 14.9. The molecule has 0 atom stereocenters. The van der Waals surface area contributed by atoms with Crippen molar-refractivity contribution in [2.45, 2.75) is 6.92 Å². The van der Waals surface area contributed by atoms with Crippen LogP contribution in [0.25, 0.3) is 0 Å². The summed E-state index contributed by atoms with van der Waals surface area (Å²) in [4.78, 5) is 12.0. The topological polar surface area (TPSA) is 35.5 Å². The number of carbonyl (C=O) groups is 1. The number of carbonyl (C=O) groups excluding carboxylic acids is 1. The zero-order valence-electron chi connectivity index (χ0n) is 10.7. The molecule has 0 aromatic heterocycles. The quantitative estimate of drug-likeness (QED) is 0.588. The second-order valence-electron chi connectivity index (χ2n) is 3.92. The lowest BCUT2D eigenvalue weighted by atomic mass is 10.2. The summed E-state index contributed by atoms with van der Waals surface area (Å²) in [5.74, 6) is 0.705. The first-order valence-electron chi connectivity index (χ1n) is 6.00. The van der Waals surface area contributed by atoms with Crippen molar-refractivity contribution in [2.75, 3.05) is 6.61 Å². The fourth-order valence-electron chi connectivity index (χ4n) is 1.57. The Hall–Kier alpha value is -1.52. The van der Waals surface area contributed by atoms with Crippen molar-refractivity contribution in [1.82, 2.24) is 0 Å². The van der Waals surface area contributed by atoms with Gasteiger partial charge in [0.25, 0.3) is 0 Å². The lowest BCUT2D eigenvalue weighted by Gasteiger charge is -2.08. The standard InChI is InChI=1S/C15H12BrClO3/c1-2-19-14-8-3-10(9-13(14)16)15(18)20-12-6-4-11(17)5-7-12/h3-9H,2H2,1H3. The van der Waals surface area contributed by atoms with Gasteiger partial charge < -0.3 is 9.47 Å². The van der Waals surface area contributed by atoms with Crippen LogP contribution in [0.1, 0.15) is 17.3 Å². The van der Waals surface area contributed by atoms with E-state index < -0.39 is 5.97 Å². The highest BCUT2D eigenvalue weighted by molar-refractivity contribution is 9.10. The molecule has 0 spiro atoms. The summed E-state index contributed by atoms with van der Waals surface area (Å²) >= 11 is 9.13. The number of ether oxygens (including phenoxy) is 2. The molecule has 104 valence electrons. The SMILES string of the molecule is CCOc1ccc(C(=O)Oc2ccc(Cl)cc2)cc1Br. The van der Waals surface area contributed by atoms with Crippen molar-refractivity contribution >= 4 is 33.5 Å². The molecule has 20 heavy (non-hydrogen) atoms. The van der Waals surface area contributed by atoms with Crippen molar-refractivity contribution in [1.29, 1.82) is 0 Å².